The molecule has 2 heteroatoms. The summed E-state index contributed by atoms with van der Waals surface area (Å²) in [6, 6.07) is 16.2. The van der Waals surface area contributed by atoms with Gasteiger partial charge < -0.3 is 9.47 Å². The first-order valence-electron chi connectivity index (χ1n) is 6.60. The number of hydrogen-bond acceptors (Lipinski definition) is 2. The average molecular weight is 266 g/mol. The van der Waals surface area contributed by atoms with Crippen LogP contribution in [-0.2, 0) is 12.8 Å². The molecular formula is C18H18O2. The van der Waals surface area contributed by atoms with Crippen LogP contribution in [0.15, 0.2) is 48.5 Å². The first-order valence-corrected chi connectivity index (χ1v) is 6.60. The Balaban J connectivity index is 2.01. The Morgan fingerprint density at radius 3 is 2.45 bits per heavy atom. The standard InChI is InChI=1S/C18H18O2/c1-3-14-20-18-7-5-4-6-16(18)11-8-15-9-12-17(19-2)13-10-15/h1,4-7,9-10,12-13H,8,11,14H2,2H3. The lowest BCUT2D eigenvalue weighted by molar-refractivity contribution is 0.366. The molecule has 0 fully saturated rings. The summed E-state index contributed by atoms with van der Waals surface area (Å²) < 4.78 is 10.7. The molecule has 102 valence electrons. The van der Waals surface area contributed by atoms with Crippen LogP contribution in [0.3, 0.4) is 0 Å². The van der Waals surface area contributed by atoms with Crippen LogP contribution in [0.2, 0.25) is 0 Å². The first-order chi connectivity index (χ1) is 9.83. The molecule has 0 saturated carbocycles. The van der Waals surface area contributed by atoms with Gasteiger partial charge in [0, 0.05) is 0 Å². The van der Waals surface area contributed by atoms with Crippen LogP contribution in [0.4, 0.5) is 0 Å². The largest absolute Gasteiger partial charge is 0.497 e. The zero-order valence-corrected chi connectivity index (χ0v) is 11.6. The Labute approximate surface area is 120 Å². The molecule has 0 atom stereocenters. The summed E-state index contributed by atoms with van der Waals surface area (Å²) in [5.41, 5.74) is 2.45. The van der Waals surface area contributed by atoms with Gasteiger partial charge in [-0.1, -0.05) is 36.3 Å². The average Bonchev–Trinajstić information content (AvgIpc) is 2.52. The maximum Gasteiger partial charge on any atom is 0.148 e. The van der Waals surface area contributed by atoms with Crippen molar-refractivity contribution in [2.75, 3.05) is 13.7 Å². The molecule has 2 nitrogen and oxygen atoms in total. The van der Waals surface area contributed by atoms with E-state index in [-0.39, 0.29) is 0 Å². The third-order valence-electron chi connectivity index (χ3n) is 3.13. The Morgan fingerprint density at radius 2 is 1.75 bits per heavy atom. The second kappa shape index (κ2) is 7.25. The van der Waals surface area contributed by atoms with Crippen LogP contribution in [0, 0.1) is 12.3 Å². The molecule has 20 heavy (non-hydrogen) atoms. The summed E-state index contributed by atoms with van der Waals surface area (Å²) >= 11 is 0. The van der Waals surface area contributed by atoms with Gasteiger partial charge in [-0.15, -0.1) is 6.42 Å². The van der Waals surface area contributed by atoms with Crippen LogP contribution in [-0.4, -0.2) is 13.7 Å². The van der Waals surface area contributed by atoms with Crippen molar-refractivity contribution in [3.63, 3.8) is 0 Å². The van der Waals surface area contributed by atoms with Crippen LogP contribution < -0.4 is 9.47 Å². The second-order valence-electron chi connectivity index (χ2n) is 4.45. The molecule has 2 aromatic carbocycles. The molecule has 0 aliphatic rings. The van der Waals surface area contributed by atoms with Crippen molar-refractivity contribution in [1.82, 2.24) is 0 Å². The summed E-state index contributed by atoms with van der Waals surface area (Å²) in [4.78, 5) is 0. The van der Waals surface area contributed by atoms with Crippen molar-refractivity contribution in [2.24, 2.45) is 0 Å². The SMILES string of the molecule is C#CCOc1ccccc1CCc1ccc(OC)cc1. The van der Waals surface area contributed by atoms with E-state index in [1.54, 1.807) is 7.11 Å². The van der Waals surface area contributed by atoms with E-state index in [1.807, 2.05) is 30.3 Å². The Morgan fingerprint density at radius 1 is 1.00 bits per heavy atom. The fourth-order valence-corrected chi connectivity index (χ4v) is 2.04. The topological polar surface area (TPSA) is 18.5 Å². The number of terminal acetylenes is 1. The van der Waals surface area contributed by atoms with E-state index in [9.17, 15) is 0 Å². The fraction of sp³-hybridized carbons (Fsp3) is 0.222. The number of hydrogen-bond donors (Lipinski definition) is 0. The maximum atomic E-state index is 5.56. The predicted octanol–water partition coefficient (Wildman–Crippen LogP) is 3.49. The molecular weight excluding hydrogens is 248 g/mol. The smallest absolute Gasteiger partial charge is 0.148 e. The molecule has 0 unspecified atom stereocenters. The van der Waals surface area contributed by atoms with Gasteiger partial charge in [0.25, 0.3) is 0 Å². The third kappa shape index (κ3) is 3.80. The number of benzene rings is 2. The van der Waals surface area contributed by atoms with Gasteiger partial charge in [0.1, 0.15) is 18.1 Å². The lowest BCUT2D eigenvalue weighted by Gasteiger charge is -2.09. The highest BCUT2D eigenvalue weighted by Gasteiger charge is 2.03. The molecule has 0 aliphatic heterocycles. The first kappa shape index (κ1) is 14.0. The minimum Gasteiger partial charge on any atom is -0.497 e. The molecule has 2 aromatic rings. The van der Waals surface area contributed by atoms with Gasteiger partial charge in [0.05, 0.1) is 7.11 Å². The zero-order valence-electron chi connectivity index (χ0n) is 11.6. The van der Waals surface area contributed by atoms with Crippen LogP contribution in [0.25, 0.3) is 0 Å². The lowest BCUT2D eigenvalue weighted by Crippen LogP contribution is -1.99. The van der Waals surface area contributed by atoms with E-state index in [1.165, 1.54) is 11.1 Å². The molecule has 0 aliphatic carbocycles. The number of ether oxygens (including phenoxy) is 2. The summed E-state index contributed by atoms with van der Waals surface area (Å²) in [6.07, 6.45) is 7.11. The molecule has 2 rings (SSSR count). The minimum absolute atomic E-state index is 0.305. The van der Waals surface area contributed by atoms with E-state index in [0.29, 0.717) is 6.61 Å². The van der Waals surface area contributed by atoms with Gasteiger partial charge in [0.15, 0.2) is 0 Å². The number of aryl methyl sites for hydroxylation is 2. The van der Waals surface area contributed by atoms with Crippen molar-refractivity contribution >= 4 is 0 Å². The van der Waals surface area contributed by atoms with E-state index in [4.69, 9.17) is 15.9 Å². The summed E-state index contributed by atoms with van der Waals surface area (Å²) in [5, 5.41) is 0. The monoisotopic (exact) mass is 266 g/mol. The van der Waals surface area contributed by atoms with Crippen molar-refractivity contribution in [3.8, 4) is 23.8 Å². The number of methoxy groups -OCH3 is 1. The van der Waals surface area contributed by atoms with Crippen LogP contribution >= 0.6 is 0 Å². The van der Waals surface area contributed by atoms with Gasteiger partial charge in [-0.05, 0) is 42.2 Å². The van der Waals surface area contributed by atoms with Gasteiger partial charge in [-0.3, -0.25) is 0 Å². The van der Waals surface area contributed by atoms with E-state index >= 15 is 0 Å². The highest BCUT2D eigenvalue weighted by atomic mass is 16.5. The zero-order chi connectivity index (χ0) is 14.2. The van der Waals surface area contributed by atoms with E-state index in [0.717, 1.165) is 24.3 Å². The maximum absolute atomic E-state index is 5.56. The molecule has 0 radical (unpaired) electrons. The summed E-state index contributed by atoms with van der Waals surface area (Å²) in [5.74, 6) is 4.25. The number of rotatable bonds is 6. The highest BCUT2D eigenvalue weighted by Crippen LogP contribution is 2.20. The molecule has 0 aromatic heterocycles. The Kier molecular flexibility index (Phi) is 5.08. The van der Waals surface area contributed by atoms with E-state index in [2.05, 4.69) is 24.1 Å². The minimum atomic E-state index is 0.305. The predicted molar refractivity (Wildman–Crippen MR) is 81.2 cm³/mol. The normalized spacial score (nSPS) is 9.80. The van der Waals surface area contributed by atoms with Crippen molar-refractivity contribution in [3.05, 3.63) is 59.7 Å². The molecule has 0 bridgehead atoms. The highest BCUT2D eigenvalue weighted by molar-refractivity contribution is 5.35. The van der Waals surface area contributed by atoms with Crippen molar-refractivity contribution in [1.29, 1.82) is 0 Å². The van der Waals surface area contributed by atoms with E-state index < -0.39 is 0 Å². The van der Waals surface area contributed by atoms with Crippen molar-refractivity contribution < 1.29 is 9.47 Å². The molecule has 0 spiro atoms. The van der Waals surface area contributed by atoms with Gasteiger partial charge >= 0.3 is 0 Å². The molecule has 0 N–H and O–H groups in total. The molecule has 0 saturated heterocycles. The second-order valence-corrected chi connectivity index (χ2v) is 4.45. The van der Waals surface area contributed by atoms with Gasteiger partial charge in [-0.25, -0.2) is 0 Å². The summed E-state index contributed by atoms with van der Waals surface area (Å²) in [7, 11) is 1.67. The lowest BCUT2D eigenvalue weighted by atomic mass is 10.0. The quantitative estimate of drug-likeness (QED) is 0.745. The van der Waals surface area contributed by atoms with Crippen molar-refractivity contribution in [2.45, 2.75) is 12.8 Å². The van der Waals surface area contributed by atoms with Gasteiger partial charge in [0.2, 0.25) is 0 Å². The number of para-hydroxylation sites is 1. The third-order valence-corrected chi connectivity index (χ3v) is 3.13. The Hall–Kier alpha value is -2.40. The molecule has 0 heterocycles. The Bertz CT molecular complexity index is 579. The van der Waals surface area contributed by atoms with Gasteiger partial charge in [-0.2, -0.15) is 0 Å². The summed E-state index contributed by atoms with van der Waals surface area (Å²) in [6.45, 7) is 0.305. The van der Waals surface area contributed by atoms with Crippen LogP contribution in [0.1, 0.15) is 11.1 Å². The van der Waals surface area contributed by atoms with Crippen LogP contribution in [0.5, 0.6) is 11.5 Å². The fourth-order valence-electron chi connectivity index (χ4n) is 2.04. The molecule has 0 amide bonds.